The van der Waals surface area contributed by atoms with Crippen LogP contribution in [0, 0.1) is 0 Å². The Morgan fingerprint density at radius 1 is 1.57 bits per heavy atom. The maximum atomic E-state index is 11.8. The van der Waals surface area contributed by atoms with Gasteiger partial charge >= 0.3 is 5.76 Å². The summed E-state index contributed by atoms with van der Waals surface area (Å²) < 4.78 is 11.6. The molecule has 1 aliphatic heterocycles. The summed E-state index contributed by atoms with van der Waals surface area (Å²) in [7, 11) is 0. The molecule has 0 aliphatic carbocycles. The van der Waals surface area contributed by atoms with Crippen LogP contribution in [0.1, 0.15) is 0 Å². The highest BCUT2D eigenvalue weighted by molar-refractivity contribution is 7.13. The molecule has 0 radical (unpaired) electrons. The molecule has 1 saturated heterocycles. The maximum absolute atomic E-state index is 11.8. The lowest BCUT2D eigenvalue weighted by molar-refractivity contribution is -0.136. The smallest absolute Gasteiger partial charge is 0.387 e. The third-order valence-corrected chi connectivity index (χ3v) is 4.00. The van der Waals surface area contributed by atoms with E-state index in [2.05, 4.69) is 5.10 Å². The summed E-state index contributed by atoms with van der Waals surface area (Å²) in [4.78, 5) is 25.6. The van der Waals surface area contributed by atoms with Gasteiger partial charge in [0.25, 0.3) is 5.89 Å². The van der Waals surface area contributed by atoms with Crippen molar-refractivity contribution in [1.29, 1.82) is 0 Å². The number of nitrogens with two attached hydrogens (primary N) is 1. The maximum Gasteiger partial charge on any atom is 0.438 e. The van der Waals surface area contributed by atoms with Gasteiger partial charge in [0.1, 0.15) is 12.8 Å². The second-order valence-corrected chi connectivity index (χ2v) is 5.58. The number of carbonyl (C=O) groups excluding carboxylic acids is 1. The molecule has 1 fully saturated rings. The number of morpholine rings is 1. The molecule has 2 aromatic rings. The van der Waals surface area contributed by atoms with E-state index >= 15 is 0 Å². The van der Waals surface area contributed by atoms with Crippen LogP contribution in [0.4, 0.5) is 0 Å². The fourth-order valence-corrected chi connectivity index (χ4v) is 2.73. The lowest BCUT2D eigenvalue weighted by Gasteiger charge is -2.30. The Morgan fingerprint density at radius 3 is 3.14 bits per heavy atom. The molecule has 1 atom stereocenters. The third kappa shape index (κ3) is 3.04. The zero-order chi connectivity index (χ0) is 14.8. The van der Waals surface area contributed by atoms with Crippen LogP contribution in [-0.4, -0.2) is 46.4 Å². The molecule has 0 bridgehead atoms. The van der Waals surface area contributed by atoms with Gasteiger partial charge in [0.2, 0.25) is 5.91 Å². The van der Waals surface area contributed by atoms with E-state index in [9.17, 15) is 9.59 Å². The summed E-state index contributed by atoms with van der Waals surface area (Å²) in [6, 6.07) is 3.69. The van der Waals surface area contributed by atoms with E-state index in [-0.39, 0.29) is 6.67 Å². The molecule has 2 N–H and O–H groups in total. The van der Waals surface area contributed by atoms with E-state index in [0.717, 1.165) is 4.88 Å². The SMILES string of the molecule is NC(=O)[C@@H]1CN(Cn2nc(-c3cccs3)oc2=O)CCO1. The van der Waals surface area contributed by atoms with Gasteiger partial charge in [-0.05, 0) is 11.4 Å². The topological polar surface area (TPSA) is 104 Å². The fourth-order valence-electron chi connectivity index (χ4n) is 2.09. The minimum Gasteiger partial charge on any atom is -0.387 e. The lowest BCUT2D eigenvalue weighted by Crippen LogP contribution is -2.49. The molecule has 8 nitrogen and oxygen atoms in total. The van der Waals surface area contributed by atoms with Gasteiger partial charge in [-0.1, -0.05) is 6.07 Å². The number of rotatable bonds is 4. The van der Waals surface area contributed by atoms with Crippen molar-refractivity contribution in [1.82, 2.24) is 14.7 Å². The Balaban J connectivity index is 1.73. The first-order valence-electron chi connectivity index (χ1n) is 6.38. The number of hydrogen-bond acceptors (Lipinski definition) is 7. The average molecular weight is 310 g/mol. The fraction of sp³-hybridized carbons (Fsp3) is 0.417. The molecule has 3 heterocycles. The molecule has 112 valence electrons. The number of ether oxygens (including phenoxy) is 1. The quantitative estimate of drug-likeness (QED) is 0.832. The Hall–Kier alpha value is -1.97. The van der Waals surface area contributed by atoms with Gasteiger partial charge in [0.05, 0.1) is 11.5 Å². The molecule has 1 amide bonds. The molecule has 3 rings (SSSR count). The van der Waals surface area contributed by atoms with Gasteiger partial charge in [0.15, 0.2) is 0 Å². The summed E-state index contributed by atoms with van der Waals surface area (Å²) in [5.74, 6) is -0.735. The molecule has 1 aliphatic rings. The number of thiophene rings is 1. The summed E-state index contributed by atoms with van der Waals surface area (Å²) in [5, 5.41) is 6.05. The zero-order valence-corrected chi connectivity index (χ0v) is 11.9. The van der Waals surface area contributed by atoms with Crippen LogP contribution in [0.3, 0.4) is 0 Å². The average Bonchev–Trinajstić information content (AvgIpc) is 3.10. The van der Waals surface area contributed by atoms with Gasteiger partial charge in [0, 0.05) is 13.1 Å². The normalized spacial score (nSPS) is 19.7. The Labute approximate surface area is 123 Å². The van der Waals surface area contributed by atoms with Crippen molar-refractivity contribution in [3.8, 4) is 10.8 Å². The Bertz CT molecular complexity index is 678. The number of carbonyl (C=O) groups is 1. The first-order chi connectivity index (χ1) is 10.1. The number of nitrogens with zero attached hydrogens (tertiary/aromatic N) is 3. The van der Waals surface area contributed by atoms with Crippen LogP contribution in [0.2, 0.25) is 0 Å². The summed E-state index contributed by atoms with van der Waals surface area (Å²) >= 11 is 1.45. The van der Waals surface area contributed by atoms with Crippen LogP contribution < -0.4 is 11.5 Å². The van der Waals surface area contributed by atoms with Gasteiger partial charge < -0.3 is 14.9 Å². The Kier molecular flexibility index (Phi) is 3.86. The van der Waals surface area contributed by atoms with E-state index in [1.54, 1.807) is 0 Å². The summed E-state index contributed by atoms with van der Waals surface area (Å²) in [6.07, 6.45) is -0.655. The van der Waals surface area contributed by atoms with Gasteiger partial charge in [-0.2, -0.15) is 4.68 Å². The number of amides is 1. The van der Waals surface area contributed by atoms with E-state index in [0.29, 0.717) is 25.6 Å². The van der Waals surface area contributed by atoms with Crippen LogP contribution in [0.25, 0.3) is 10.8 Å². The minimum atomic E-state index is -0.655. The second kappa shape index (κ2) is 5.80. The summed E-state index contributed by atoms with van der Waals surface area (Å²) in [5.41, 5.74) is 5.23. The standard InChI is InChI=1S/C12H14N4O4S/c13-10(17)8-6-15(3-4-19-8)7-16-12(18)20-11(14-16)9-2-1-5-21-9/h1-2,5,8H,3-4,6-7H2,(H2,13,17)/t8-/m0/s1. The second-order valence-electron chi connectivity index (χ2n) is 4.63. The van der Waals surface area contributed by atoms with Crippen LogP contribution >= 0.6 is 11.3 Å². The predicted molar refractivity (Wildman–Crippen MR) is 74.6 cm³/mol. The van der Waals surface area contributed by atoms with Crippen molar-refractivity contribution in [3.05, 3.63) is 28.1 Å². The highest BCUT2D eigenvalue weighted by Gasteiger charge is 2.25. The lowest BCUT2D eigenvalue weighted by atomic mass is 10.3. The molecular weight excluding hydrogens is 296 g/mol. The van der Waals surface area contributed by atoms with Crippen molar-refractivity contribution in [2.45, 2.75) is 12.8 Å². The molecule has 0 saturated carbocycles. The number of primary amides is 1. The molecule has 2 aromatic heterocycles. The van der Waals surface area contributed by atoms with Gasteiger partial charge in [-0.25, -0.2) is 4.79 Å². The van der Waals surface area contributed by atoms with Gasteiger partial charge in [-0.15, -0.1) is 16.4 Å². The summed E-state index contributed by atoms with van der Waals surface area (Å²) in [6.45, 7) is 1.55. The largest absolute Gasteiger partial charge is 0.438 e. The van der Waals surface area contributed by atoms with E-state index in [1.165, 1.54) is 16.0 Å². The van der Waals surface area contributed by atoms with Crippen LogP contribution in [-0.2, 0) is 16.2 Å². The van der Waals surface area contributed by atoms with Crippen LogP contribution in [0.5, 0.6) is 0 Å². The van der Waals surface area contributed by atoms with Crippen molar-refractivity contribution in [3.63, 3.8) is 0 Å². The van der Waals surface area contributed by atoms with Gasteiger partial charge in [-0.3, -0.25) is 9.69 Å². The molecule has 9 heteroatoms. The molecule has 0 spiro atoms. The zero-order valence-electron chi connectivity index (χ0n) is 11.1. The predicted octanol–water partition coefficient (Wildman–Crippen LogP) is -0.292. The number of hydrogen-bond donors (Lipinski definition) is 1. The van der Waals surface area contributed by atoms with Crippen LogP contribution in [0.15, 0.2) is 26.7 Å². The molecule has 0 aromatic carbocycles. The third-order valence-electron chi connectivity index (χ3n) is 3.14. The van der Waals surface area contributed by atoms with E-state index in [4.69, 9.17) is 14.9 Å². The van der Waals surface area contributed by atoms with Crippen molar-refractivity contribution >= 4 is 17.2 Å². The Morgan fingerprint density at radius 2 is 2.43 bits per heavy atom. The van der Waals surface area contributed by atoms with Crippen molar-refractivity contribution < 1.29 is 13.9 Å². The first kappa shape index (κ1) is 14.0. The molecule has 21 heavy (non-hydrogen) atoms. The highest BCUT2D eigenvalue weighted by Crippen LogP contribution is 2.21. The van der Waals surface area contributed by atoms with E-state index < -0.39 is 17.8 Å². The monoisotopic (exact) mass is 310 g/mol. The van der Waals surface area contributed by atoms with Crippen molar-refractivity contribution in [2.24, 2.45) is 5.73 Å². The van der Waals surface area contributed by atoms with E-state index in [1.807, 2.05) is 22.4 Å². The molecular formula is C12H14N4O4S. The van der Waals surface area contributed by atoms with Crippen molar-refractivity contribution in [2.75, 3.05) is 19.7 Å². The minimum absolute atomic E-state index is 0.237. The first-order valence-corrected chi connectivity index (χ1v) is 7.26. The number of aromatic nitrogens is 2. The molecule has 0 unspecified atom stereocenters. The highest BCUT2D eigenvalue weighted by atomic mass is 32.1.